The Morgan fingerprint density at radius 3 is 0.294 bits per heavy atom. The lowest BCUT2D eigenvalue weighted by Gasteiger charge is -1.82. The van der Waals surface area contributed by atoms with Gasteiger partial charge in [0, 0.05) is 0 Å². The van der Waals surface area contributed by atoms with Crippen molar-refractivity contribution in [2.24, 2.45) is 0 Å². The number of rotatable bonds is 0. The summed E-state index contributed by atoms with van der Waals surface area (Å²) in [5.74, 6) is 0. The van der Waals surface area contributed by atoms with Crippen LogP contribution in [0.2, 0.25) is 0 Å². The molecule has 10 heteroatoms. The van der Waals surface area contributed by atoms with Crippen molar-refractivity contribution >= 4 is 15.6 Å². The van der Waals surface area contributed by atoms with Gasteiger partial charge in [0.05, 0.1) is 0 Å². The minimum Gasteiger partial charge on any atom is -0.303 e. The third kappa shape index (κ3) is 51.6. The van der Waals surface area contributed by atoms with Crippen LogP contribution in [0.25, 0.3) is 0 Å². The quantitative estimate of drug-likeness (QED) is 0.183. The molecule has 0 bridgehead atoms. The fourth-order valence-electron chi connectivity index (χ4n) is 1.54. The van der Waals surface area contributed by atoms with E-state index in [1.54, 1.807) is 0 Å². The average molecular weight is 508 g/mol. The molecule has 0 atom stereocenters. The zero-order chi connectivity index (χ0) is 26.0. The molecular weight excluding hydrogens is 478 g/mol. The molecule has 0 heterocycles. The molecule has 8 nitrogen and oxygen atoms in total. The number of hydrogen-bond donors (Lipinski definition) is 6. The standard InChI is InChI=1S/4C6H6.2H3O4P/c4*1-2-4-6-5-3-1;2*1-5(2,3)4/h4*1-6H;2*(H3,1,2,3,4). The normalized spacial score (nSPS) is 9.12. The van der Waals surface area contributed by atoms with Gasteiger partial charge in [0.2, 0.25) is 0 Å². The van der Waals surface area contributed by atoms with Gasteiger partial charge in [-0.25, -0.2) is 9.13 Å². The molecule has 0 saturated heterocycles. The van der Waals surface area contributed by atoms with E-state index in [2.05, 4.69) is 0 Å². The summed E-state index contributed by atoms with van der Waals surface area (Å²) in [6.07, 6.45) is 0. The van der Waals surface area contributed by atoms with Crippen molar-refractivity contribution in [2.75, 3.05) is 0 Å². The summed E-state index contributed by atoms with van der Waals surface area (Å²) in [5, 5.41) is 0. The molecule has 4 rings (SSSR count). The van der Waals surface area contributed by atoms with E-state index in [4.69, 9.17) is 38.5 Å². The van der Waals surface area contributed by atoms with E-state index < -0.39 is 15.6 Å². The molecule has 0 aliphatic rings. The summed E-state index contributed by atoms with van der Waals surface area (Å²) < 4.78 is 17.8. The molecule has 0 radical (unpaired) electrons. The third-order valence-corrected chi connectivity index (χ3v) is 2.67. The van der Waals surface area contributed by atoms with Crippen molar-refractivity contribution in [2.45, 2.75) is 0 Å². The second-order valence-electron chi connectivity index (χ2n) is 5.65. The fourth-order valence-corrected chi connectivity index (χ4v) is 1.54. The molecule has 34 heavy (non-hydrogen) atoms. The third-order valence-electron chi connectivity index (χ3n) is 2.67. The zero-order valence-electron chi connectivity index (χ0n) is 18.3. The molecule has 0 unspecified atom stereocenters. The lowest BCUT2D eigenvalue weighted by Crippen LogP contribution is -1.66. The first-order chi connectivity index (χ1) is 16.0. The van der Waals surface area contributed by atoms with Crippen molar-refractivity contribution in [3.63, 3.8) is 0 Å². The van der Waals surface area contributed by atoms with Crippen molar-refractivity contribution in [1.82, 2.24) is 0 Å². The Morgan fingerprint density at radius 2 is 0.265 bits per heavy atom. The highest BCUT2D eigenvalue weighted by molar-refractivity contribution is 7.45. The summed E-state index contributed by atoms with van der Waals surface area (Å²) >= 11 is 0. The van der Waals surface area contributed by atoms with Gasteiger partial charge in [-0.15, -0.1) is 0 Å². The van der Waals surface area contributed by atoms with Gasteiger partial charge in [-0.3, -0.25) is 0 Å². The van der Waals surface area contributed by atoms with Crippen LogP contribution in [0, 0.1) is 0 Å². The summed E-state index contributed by atoms with van der Waals surface area (Å²) in [6.45, 7) is 0. The topological polar surface area (TPSA) is 156 Å². The Kier molecular flexibility index (Phi) is 22.8. The van der Waals surface area contributed by atoms with Crippen LogP contribution in [-0.4, -0.2) is 29.4 Å². The van der Waals surface area contributed by atoms with Crippen LogP contribution >= 0.6 is 15.6 Å². The molecule has 0 aliphatic carbocycles. The van der Waals surface area contributed by atoms with Gasteiger partial charge in [0.25, 0.3) is 0 Å². The van der Waals surface area contributed by atoms with E-state index in [1.165, 1.54) is 0 Å². The van der Waals surface area contributed by atoms with Crippen molar-refractivity contribution in [1.29, 1.82) is 0 Å². The maximum Gasteiger partial charge on any atom is 0.466 e. The van der Waals surface area contributed by atoms with Gasteiger partial charge in [-0.2, -0.15) is 0 Å². The highest BCUT2D eigenvalue weighted by Gasteiger charge is 2.00. The van der Waals surface area contributed by atoms with Crippen LogP contribution in [0.3, 0.4) is 0 Å². The van der Waals surface area contributed by atoms with Crippen LogP contribution in [0.4, 0.5) is 0 Å². The van der Waals surface area contributed by atoms with E-state index in [9.17, 15) is 0 Å². The number of phosphoric acid groups is 2. The first kappa shape index (κ1) is 33.3. The minimum absolute atomic E-state index is 2.00. The molecule has 0 aromatic heterocycles. The maximum atomic E-state index is 8.88. The number of hydrogen-bond acceptors (Lipinski definition) is 2. The molecule has 0 amide bonds. The number of benzene rings is 4. The summed E-state index contributed by atoms with van der Waals surface area (Å²) in [4.78, 5) is 43.1. The lowest BCUT2D eigenvalue weighted by atomic mass is 10.4. The summed E-state index contributed by atoms with van der Waals surface area (Å²) in [6, 6.07) is 48.0. The molecule has 6 N–H and O–H groups in total. The van der Waals surface area contributed by atoms with Gasteiger partial charge in [0.15, 0.2) is 0 Å². The van der Waals surface area contributed by atoms with Gasteiger partial charge >= 0.3 is 15.6 Å². The fraction of sp³-hybridized carbons (Fsp3) is 0. The molecule has 0 aliphatic heterocycles. The van der Waals surface area contributed by atoms with Crippen LogP contribution < -0.4 is 0 Å². The predicted molar refractivity (Wildman–Crippen MR) is 134 cm³/mol. The smallest absolute Gasteiger partial charge is 0.303 e. The van der Waals surface area contributed by atoms with Crippen molar-refractivity contribution < 1.29 is 38.5 Å². The predicted octanol–water partition coefficient (Wildman–Crippen LogP) is 4.89. The van der Waals surface area contributed by atoms with E-state index in [0.717, 1.165) is 0 Å². The van der Waals surface area contributed by atoms with Crippen LogP contribution in [0.5, 0.6) is 0 Å². The maximum absolute atomic E-state index is 8.88. The van der Waals surface area contributed by atoms with Crippen LogP contribution in [-0.2, 0) is 9.13 Å². The Labute approximate surface area is 199 Å². The van der Waals surface area contributed by atoms with Gasteiger partial charge < -0.3 is 29.4 Å². The largest absolute Gasteiger partial charge is 0.466 e. The van der Waals surface area contributed by atoms with Gasteiger partial charge in [0.1, 0.15) is 0 Å². The zero-order valence-corrected chi connectivity index (χ0v) is 20.0. The van der Waals surface area contributed by atoms with Crippen LogP contribution in [0.1, 0.15) is 0 Å². The Bertz CT molecular complexity index is 695. The SMILES string of the molecule is O=P(O)(O)O.O=P(O)(O)O.c1ccccc1.c1ccccc1.c1ccccc1.c1ccccc1. The van der Waals surface area contributed by atoms with Crippen LogP contribution in [0.15, 0.2) is 146 Å². The summed E-state index contributed by atoms with van der Waals surface area (Å²) in [5.41, 5.74) is 0. The molecular formula is C24H30O8P2. The van der Waals surface area contributed by atoms with Gasteiger partial charge in [-0.1, -0.05) is 146 Å². The Hall–Kier alpha value is -2.90. The van der Waals surface area contributed by atoms with Crippen molar-refractivity contribution in [3.05, 3.63) is 146 Å². The second-order valence-corrected chi connectivity index (χ2v) is 7.70. The van der Waals surface area contributed by atoms with E-state index >= 15 is 0 Å². The molecule has 0 saturated carbocycles. The lowest BCUT2D eigenvalue weighted by molar-refractivity contribution is 0.272. The second kappa shape index (κ2) is 23.3. The molecule has 4 aromatic carbocycles. The Morgan fingerprint density at radius 1 is 0.235 bits per heavy atom. The molecule has 4 aromatic rings. The molecule has 184 valence electrons. The van der Waals surface area contributed by atoms with E-state index in [0.29, 0.717) is 0 Å². The first-order valence-corrected chi connectivity index (χ1v) is 12.7. The summed E-state index contributed by atoms with van der Waals surface area (Å²) in [7, 11) is -9.28. The van der Waals surface area contributed by atoms with Crippen molar-refractivity contribution in [3.8, 4) is 0 Å². The average Bonchev–Trinajstić information content (AvgIpc) is 2.83. The molecule has 0 spiro atoms. The first-order valence-electron chi connectivity index (χ1n) is 9.57. The highest BCUT2D eigenvalue weighted by atomic mass is 31.2. The minimum atomic E-state index is -4.64. The Balaban J connectivity index is 0. The molecule has 0 fully saturated rings. The van der Waals surface area contributed by atoms with Gasteiger partial charge in [-0.05, 0) is 0 Å². The van der Waals surface area contributed by atoms with E-state index in [-0.39, 0.29) is 0 Å². The van der Waals surface area contributed by atoms with E-state index in [1.807, 2.05) is 146 Å². The monoisotopic (exact) mass is 508 g/mol. The highest BCUT2D eigenvalue weighted by Crippen LogP contribution is 2.26.